The first-order valence-corrected chi connectivity index (χ1v) is 9.84. The molecule has 3 N–H and O–H groups in total. The molecule has 0 aliphatic heterocycles. The van der Waals surface area contributed by atoms with Gasteiger partial charge in [-0.3, -0.25) is 9.89 Å². The summed E-state index contributed by atoms with van der Waals surface area (Å²) in [5, 5.41) is 13.6. The lowest BCUT2D eigenvalue weighted by Crippen LogP contribution is -2.12. The number of amides is 1. The molecule has 1 aromatic carbocycles. The lowest BCUT2D eigenvalue weighted by atomic mass is 10.1. The average Bonchev–Trinajstić information content (AvgIpc) is 3.39. The average molecular weight is 395 g/mol. The zero-order valence-electron chi connectivity index (χ0n) is 15.9. The topological polar surface area (TPSA) is 95.7 Å². The van der Waals surface area contributed by atoms with Crippen molar-refractivity contribution in [1.82, 2.24) is 20.2 Å². The van der Waals surface area contributed by atoms with E-state index in [-0.39, 0.29) is 5.91 Å². The quantitative estimate of drug-likeness (QED) is 0.456. The van der Waals surface area contributed by atoms with Crippen molar-refractivity contribution in [3.8, 4) is 17.0 Å². The molecule has 3 heterocycles. The normalized spacial score (nSPS) is 11.1. The SMILES string of the molecule is COc1ccc2c(-c3csc(NC(=O)CCc4c(C)n[nH]c4C)n3)c[nH]c2c1. The minimum atomic E-state index is -0.0513. The van der Waals surface area contributed by atoms with Crippen molar-refractivity contribution >= 4 is 33.3 Å². The van der Waals surface area contributed by atoms with Gasteiger partial charge in [0.15, 0.2) is 5.13 Å². The fourth-order valence-electron chi connectivity index (χ4n) is 3.26. The molecular formula is C20H21N5O2S. The molecule has 28 heavy (non-hydrogen) atoms. The zero-order valence-corrected chi connectivity index (χ0v) is 16.7. The number of methoxy groups -OCH3 is 1. The number of thiazole rings is 1. The number of carbonyl (C=O) groups is 1. The molecule has 4 aromatic rings. The molecule has 0 unspecified atom stereocenters. The molecule has 4 rings (SSSR count). The van der Waals surface area contributed by atoms with Crippen LogP contribution in [-0.2, 0) is 11.2 Å². The highest BCUT2D eigenvalue weighted by Gasteiger charge is 2.13. The van der Waals surface area contributed by atoms with Crippen molar-refractivity contribution in [2.45, 2.75) is 26.7 Å². The van der Waals surface area contributed by atoms with Crippen LogP contribution in [0.3, 0.4) is 0 Å². The fourth-order valence-corrected chi connectivity index (χ4v) is 3.99. The van der Waals surface area contributed by atoms with Crippen LogP contribution in [0, 0.1) is 13.8 Å². The molecule has 0 spiro atoms. The number of rotatable bonds is 6. The van der Waals surface area contributed by atoms with E-state index in [9.17, 15) is 4.79 Å². The first-order valence-electron chi connectivity index (χ1n) is 8.96. The number of benzene rings is 1. The van der Waals surface area contributed by atoms with Crippen molar-refractivity contribution in [3.63, 3.8) is 0 Å². The smallest absolute Gasteiger partial charge is 0.226 e. The monoisotopic (exact) mass is 395 g/mol. The van der Waals surface area contributed by atoms with Crippen LogP contribution in [0.1, 0.15) is 23.4 Å². The maximum absolute atomic E-state index is 12.3. The maximum Gasteiger partial charge on any atom is 0.226 e. The number of carbonyl (C=O) groups excluding carboxylic acids is 1. The Morgan fingerprint density at radius 3 is 2.93 bits per heavy atom. The third kappa shape index (κ3) is 3.50. The number of fused-ring (bicyclic) bond motifs is 1. The third-order valence-corrected chi connectivity index (χ3v) is 5.56. The molecule has 3 aromatic heterocycles. The minimum absolute atomic E-state index is 0.0513. The van der Waals surface area contributed by atoms with E-state index in [2.05, 4.69) is 25.5 Å². The summed E-state index contributed by atoms with van der Waals surface area (Å²) in [6, 6.07) is 5.88. The van der Waals surface area contributed by atoms with E-state index in [1.54, 1.807) is 7.11 Å². The summed E-state index contributed by atoms with van der Waals surface area (Å²) in [5.74, 6) is 0.750. The summed E-state index contributed by atoms with van der Waals surface area (Å²) in [4.78, 5) is 20.1. The fraction of sp³-hybridized carbons (Fsp3) is 0.250. The van der Waals surface area contributed by atoms with Gasteiger partial charge in [-0.2, -0.15) is 5.10 Å². The highest BCUT2D eigenvalue weighted by molar-refractivity contribution is 7.14. The number of aromatic amines is 2. The van der Waals surface area contributed by atoms with Crippen LogP contribution in [0.5, 0.6) is 5.75 Å². The lowest BCUT2D eigenvalue weighted by Gasteiger charge is -2.02. The van der Waals surface area contributed by atoms with E-state index in [1.807, 2.05) is 43.6 Å². The molecule has 0 saturated heterocycles. The predicted octanol–water partition coefficient (Wildman–Crippen LogP) is 4.21. The second-order valence-electron chi connectivity index (χ2n) is 6.61. The van der Waals surface area contributed by atoms with Crippen LogP contribution < -0.4 is 10.1 Å². The second-order valence-corrected chi connectivity index (χ2v) is 7.47. The van der Waals surface area contributed by atoms with E-state index in [4.69, 9.17) is 4.74 Å². The van der Waals surface area contributed by atoms with Gasteiger partial charge in [-0.15, -0.1) is 11.3 Å². The van der Waals surface area contributed by atoms with E-state index in [0.717, 1.165) is 44.9 Å². The van der Waals surface area contributed by atoms with Crippen LogP contribution in [0.25, 0.3) is 22.2 Å². The standard InChI is InChI=1S/C20H21N5O2S/c1-11-14(12(2)25-24-11)6-7-19(26)23-20-22-18(10-28-20)16-9-21-17-8-13(27-3)4-5-15(16)17/h4-5,8-10,21H,6-7H2,1-3H3,(H,24,25)(H,22,23,26). The molecule has 1 amide bonds. The van der Waals surface area contributed by atoms with Gasteiger partial charge in [0.05, 0.1) is 18.5 Å². The number of aromatic nitrogens is 4. The first-order chi connectivity index (χ1) is 13.5. The maximum atomic E-state index is 12.3. The number of anilines is 1. The van der Waals surface area contributed by atoms with Gasteiger partial charge in [0.1, 0.15) is 5.75 Å². The number of nitrogens with one attached hydrogen (secondary N) is 3. The second kappa shape index (κ2) is 7.47. The van der Waals surface area contributed by atoms with Crippen molar-refractivity contribution in [1.29, 1.82) is 0 Å². The number of hydrogen-bond acceptors (Lipinski definition) is 5. The highest BCUT2D eigenvalue weighted by atomic mass is 32.1. The van der Waals surface area contributed by atoms with Crippen LogP contribution in [-0.4, -0.2) is 33.2 Å². The summed E-state index contributed by atoms with van der Waals surface area (Å²) in [6.07, 6.45) is 2.97. The molecule has 7 nitrogen and oxygen atoms in total. The van der Waals surface area contributed by atoms with Crippen LogP contribution in [0.4, 0.5) is 5.13 Å². The molecular weight excluding hydrogens is 374 g/mol. The number of ether oxygens (including phenoxy) is 1. The molecule has 0 aliphatic carbocycles. The first kappa shape index (κ1) is 18.2. The Balaban J connectivity index is 1.45. The molecule has 0 bridgehead atoms. The van der Waals surface area contributed by atoms with Crippen LogP contribution in [0.15, 0.2) is 29.8 Å². The number of hydrogen-bond donors (Lipinski definition) is 3. The van der Waals surface area contributed by atoms with E-state index in [1.165, 1.54) is 11.3 Å². The Labute approximate surface area is 166 Å². The van der Waals surface area contributed by atoms with Crippen molar-refractivity contribution in [2.24, 2.45) is 0 Å². The molecule has 144 valence electrons. The van der Waals surface area contributed by atoms with Gasteiger partial charge in [-0.05, 0) is 38.0 Å². The van der Waals surface area contributed by atoms with Gasteiger partial charge in [0.25, 0.3) is 0 Å². The summed E-state index contributed by atoms with van der Waals surface area (Å²) < 4.78 is 5.26. The van der Waals surface area contributed by atoms with E-state index >= 15 is 0 Å². The molecule has 0 aliphatic rings. The van der Waals surface area contributed by atoms with Gasteiger partial charge in [0, 0.05) is 46.2 Å². The predicted molar refractivity (Wildman–Crippen MR) is 111 cm³/mol. The third-order valence-electron chi connectivity index (χ3n) is 4.80. The number of nitrogens with zero attached hydrogens (tertiary/aromatic N) is 2. The molecule has 8 heteroatoms. The van der Waals surface area contributed by atoms with Crippen molar-refractivity contribution in [2.75, 3.05) is 12.4 Å². The molecule has 0 fully saturated rings. The zero-order chi connectivity index (χ0) is 19.7. The minimum Gasteiger partial charge on any atom is -0.497 e. The van der Waals surface area contributed by atoms with Gasteiger partial charge >= 0.3 is 0 Å². The number of aryl methyl sites for hydroxylation is 2. The van der Waals surface area contributed by atoms with Crippen LogP contribution >= 0.6 is 11.3 Å². The molecule has 0 atom stereocenters. The summed E-state index contributed by atoms with van der Waals surface area (Å²) >= 11 is 1.42. The van der Waals surface area contributed by atoms with E-state index in [0.29, 0.717) is 18.0 Å². The molecule has 0 saturated carbocycles. The summed E-state index contributed by atoms with van der Waals surface area (Å²) in [7, 11) is 1.65. The highest BCUT2D eigenvalue weighted by Crippen LogP contribution is 2.32. The van der Waals surface area contributed by atoms with Gasteiger partial charge in [0.2, 0.25) is 5.91 Å². The summed E-state index contributed by atoms with van der Waals surface area (Å²) in [5.41, 5.74) is 5.87. The van der Waals surface area contributed by atoms with Gasteiger partial charge in [-0.1, -0.05) is 0 Å². The van der Waals surface area contributed by atoms with Gasteiger partial charge in [-0.25, -0.2) is 4.98 Å². The van der Waals surface area contributed by atoms with Gasteiger partial charge < -0.3 is 15.0 Å². The largest absolute Gasteiger partial charge is 0.497 e. The Bertz CT molecular complexity index is 1120. The molecule has 0 radical (unpaired) electrons. The summed E-state index contributed by atoms with van der Waals surface area (Å²) in [6.45, 7) is 3.91. The Hall–Kier alpha value is -3.13. The Morgan fingerprint density at radius 1 is 1.32 bits per heavy atom. The Kier molecular flexibility index (Phi) is 4.87. The van der Waals surface area contributed by atoms with Crippen LogP contribution in [0.2, 0.25) is 0 Å². The van der Waals surface area contributed by atoms with E-state index < -0.39 is 0 Å². The lowest BCUT2D eigenvalue weighted by molar-refractivity contribution is -0.116. The number of H-pyrrole nitrogens is 2. The van der Waals surface area contributed by atoms with Crippen molar-refractivity contribution < 1.29 is 9.53 Å². The Morgan fingerprint density at radius 2 is 2.18 bits per heavy atom. The van der Waals surface area contributed by atoms with Crippen molar-refractivity contribution in [3.05, 3.63) is 46.7 Å².